The zero-order valence-electron chi connectivity index (χ0n) is 91.1. The fourth-order valence-corrected chi connectivity index (χ4v) is 20.9. The second kappa shape index (κ2) is 69.0. The van der Waals surface area contributed by atoms with Crippen molar-refractivity contribution in [2.24, 2.45) is 53.3 Å². The van der Waals surface area contributed by atoms with Crippen LogP contribution in [0, 0.1) is 53.3 Å². The van der Waals surface area contributed by atoms with E-state index in [1.807, 2.05) is 0 Å². The summed E-state index contributed by atoms with van der Waals surface area (Å²) in [6, 6.07) is -1.22. The first-order valence-electron chi connectivity index (χ1n) is 54.1. The van der Waals surface area contributed by atoms with Crippen LogP contribution in [-0.2, 0) is 170 Å². The summed E-state index contributed by atoms with van der Waals surface area (Å²) in [4.78, 5) is 194. The molecule has 4 N–H and O–H groups in total. The molecule has 8 unspecified atom stereocenters. The van der Waals surface area contributed by atoms with Crippen molar-refractivity contribution in [2.45, 2.75) is 407 Å². The molecule has 0 spiro atoms. The molecule has 0 aromatic rings. The number of esters is 4. The van der Waals surface area contributed by atoms with E-state index in [1.165, 1.54) is 34.9 Å². The number of likely N-dealkylation sites (tertiary alicyclic amines) is 1. The molecule has 6 fully saturated rings. The summed E-state index contributed by atoms with van der Waals surface area (Å²) in [6.07, 6.45) is -1.37. The van der Waals surface area contributed by atoms with Crippen molar-refractivity contribution in [3.8, 4) is 0 Å². The third-order valence-corrected chi connectivity index (χ3v) is 31.1. The molecule has 846 valence electrons. The quantitative estimate of drug-likeness (QED) is 0.0144. The normalized spacial score (nSPS) is 28.5. The van der Waals surface area contributed by atoms with Gasteiger partial charge in [0.2, 0.25) is 17.7 Å². The van der Waals surface area contributed by atoms with E-state index in [1.54, 1.807) is 13.8 Å². The molecule has 6 aliphatic heterocycles. The van der Waals surface area contributed by atoms with E-state index in [4.69, 9.17) is 100.0 Å². The molecule has 0 radical (unpaired) electrons. The van der Waals surface area contributed by atoms with Gasteiger partial charge in [-0.05, 0) is 133 Å². The van der Waals surface area contributed by atoms with Gasteiger partial charge in [-0.25, -0.2) is 9.13 Å². The SMILES string of the molecule is [2H]C[C@H]1O[C@@H](C)[C@H](OCCOC)[C@@H]1OP(=O)(O)OC[C@H]1O[C@@H](C)C[C@@H]1OP(=O)(O)OC[C@@H]1C[C@@H](OC(=O)CCC(=O)NC)CN1C(=O)CC(=O)NC(COCCC(=O)CCCCCC(=O)CCCCO[C@@H]1OC(COC(C)=O)[C@H](C)[C@H](C)C1C)(COCCC(=O)CCCCCC(=O)CCCCO[C@@H]1OC(COC(C)=O)[C@H](C)[C@H](C)C1C)COCCC(=O)CCCCCC(=O)CCCCO[C@@H]1OC(COC(C)=O)[C@H](C)[C@H](C)C1C. The molecule has 6 saturated heterocycles. The molecule has 6 rings (SSSR count). The average Bonchev–Trinajstić information content (AvgIpc) is 1.58. The molecule has 0 aliphatic carbocycles. The molecular weight excluding hydrogens is 1960 g/mol. The number of amides is 3. The summed E-state index contributed by atoms with van der Waals surface area (Å²) in [5.74, 6) is -3.02. The second-order valence-corrected chi connectivity index (χ2v) is 43.8. The summed E-state index contributed by atoms with van der Waals surface area (Å²) in [5, 5.41) is 5.32. The van der Waals surface area contributed by atoms with Crippen LogP contribution in [0.15, 0.2) is 0 Å². The van der Waals surface area contributed by atoms with Gasteiger partial charge < -0.3 is 106 Å². The molecule has 41 nitrogen and oxygen atoms in total. The number of ether oxygens (including phenoxy) is 17. The first kappa shape index (κ1) is 128. The van der Waals surface area contributed by atoms with Gasteiger partial charge in [0, 0.05) is 170 Å². The number of methoxy groups -OCH3 is 1. The van der Waals surface area contributed by atoms with Crippen LogP contribution < -0.4 is 10.6 Å². The maximum absolute atomic E-state index is 15.0. The van der Waals surface area contributed by atoms with Gasteiger partial charge in [0.25, 0.3) is 0 Å². The number of phosphoric ester groups is 2. The zero-order chi connectivity index (χ0) is 109. The number of rotatable bonds is 78. The Kier molecular flexibility index (Phi) is 60.0. The van der Waals surface area contributed by atoms with E-state index in [0.29, 0.717) is 155 Å². The highest BCUT2D eigenvalue weighted by Crippen LogP contribution is 2.52. The van der Waals surface area contributed by atoms with Crippen LogP contribution in [0.1, 0.15) is 311 Å². The summed E-state index contributed by atoms with van der Waals surface area (Å²) >= 11 is 0. The van der Waals surface area contributed by atoms with E-state index in [2.05, 4.69) is 72.9 Å². The van der Waals surface area contributed by atoms with Crippen molar-refractivity contribution in [1.29, 1.82) is 0 Å². The van der Waals surface area contributed by atoms with Crippen LogP contribution in [0.4, 0.5) is 0 Å². The lowest BCUT2D eigenvalue weighted by molar-refractivity contribution is -0.255. The van der Waals surface area contributed by atoms with Gasteiger partial charge in [-0.15, -0.1) is 0 Å². The number of hydrogen-bond donors (Lipinski definition) is 4. The number of phosphoric acid groups is 2. The summed E-state index contributed by atoms with van der Waals surface area (Å²) < 4.78 is 158. The molecule has 43 heteroatoms. The number of Topliss-reactive ketones (excluding diaryl/α,β-unsaturated/α-hetero) is 6. The average molecular weight is 2140 g/mol. The van der Waals surface area contributed by atoms with Crippen molar-refractivity contribution < 1.29 is 181 Å². The Morgan fingerprint density at radius 1 is 0.395 bits per heavy atom. The monoisotopic (exact) mass is 2140 g/mol. The smallest absolute Gasteiger partial charge is 0.463 e. The summed E-state index contributed by atoms with van der Waals surface area (Å²) in [7, 11) is -7.39. The van der Waals surface area contributed by atoms with E-state index in [0.717, 1.165) is 4.90 Å². The van der Waals surface area contributed by atoms with Gasteiger partial charge >= 0.3 is 39.5 Å². The fraction of sp³-hybridized carbons (Fsp3) is 0.875. The van der Waals surface area contributed by atoms with Crippen molar-refractivity contribution in [3.63, 3.8) is 0 Å². The lowest BCUT2D eigenvalue weighted by Gasteiger charge is -2.43. The van der Waals surface area contributed by atoms with Crippen LogP contribution >= 0.6 is 15.6 Å². The van der Waals surface area contributed by atoms with Crippen molar-refractivity contribution in [3.05, 3.63) is 0 Å². The van der Waals surface area contributed by atoms with Gasteiger partial charge in [0.15, 0.2) is 18.9 Å². The van der Waals surface area contributed by atoms with Crippen LogP contribution in [-0.4, -0.2) is 315 Å². The Bertz CT molecular complexity index is 3870. The maximum Gasteiger partial charge on any atom is 0.472 e. The van der Waals surface area contributed by atoms with Crippen LogP contribution in [0.25, 0.3) is 0 Å². The van der Waals surface area contributed by atoms with E-state index in [9.17, 15) is 81.2 Å². The number of nitrogens with zero attached hydrogens (tertiary/aromatic N) is 1. The minimum Gasteiger partial charge on any atom is -0.463 e. The number of unbranched alkanes of at least 4 members (excludes halogenated alkanes) is 9. The molecule has 0 bridgehead atoms. The summed E-state index contributed by atoms with van der Waals surface area (Å²) in [5.41, 5.74) is -1.74. The third-order valence-electron chi connectivity index (χ3n) is 29.1. The minimum absolute atomic E-state index is 0.0508. The number of ketones is 6. The van der Waals surface area contributed by atoms with E-state index >= 15 is 0 Å². The molecule has 147 heavy (non-hydrogen) atoms. The van der Waals surface area contributed by atoms with Crippen molar-refractivity contribution in [1.82, 2.24) is 15.5 Å². The number of carbonyl (C=O) groups excluding carboxylic acids is 13. The Balaban J connectivity index is 1.13. The first-order chi connectivity index (χ1) is 70.4. The highest BCUT2D eigenvalue weighted by Gasteiger charge is 2.50. The van der Waals surface area contributed by atoms with Crippen molar-refractivity contribution >= 4 is 91.9 Å². The van der Waals surface area contributed by atoms with E-state index in [-0.39, 0.29) is 255 Å². The minimum atomic E-state index is -5.22. The molecule has 26 atom stereocenters. The first-order valence-corrected chi connectivity index (χ1v) is 56.4. The van der Waals surface area contributed by atoms with Crippen molar-refractivity contribution in [2.75, 3.05) is 126 Å². The Hall–Kier alpha value is -5.99. The molecule has 6 aliphatic rings. The lowest BCUT2D eigenvalue weighted by atomic mass is 9.79. The molecule has 0 saturated carbocycles. The predicted molar refractivity (Wildman–Crippen MR) is 534 cm³/mol. The van der Waals surface area contributed by atoms with Gasteiger partial charge in [-0.2, -0.15) is 0 Å². The predicted octanol–water partition coefficient (Wildman–Crippen LogP) is 12.9. The summed E-state index contributed by atoms with van der Waals surface area (Å²) in [6.45, 7) is 23.9. The van der Waals surface area contributed by atoms with Gasteiger partial charge in [0.05, 0.1) is 122 Å². The van der Waals surface area contributed by atoms with Gasteiger partial charge in [-0.3, -0.25) is 80.4 Å². The maximum atomic E-state index is 15.0. The molecule has 0 aromatic carbocycles. The second-order valence-electron chi connectivity index (χ2n) is 41.0. The Morgan fingerprint density at radius 3 is 1.17 bits per heavy atom. The molecule has 0 aromatic heterocycles. The number of nitrogens with one attached hydrogen (secondary N) is 2. The fourth-order valence-electron chi connectivity index (χ4n) is 18.9. The highest BCUT2D eigenvalue weighted by molar-refractivity contribution is 7.47. The molecule has 3 amide bonds. The van der Waals surface area contributed by atoms with Gasteiger partial charge in [0.1, 0.15) is 97.0 Å². The Labute approximate surface area is 871 Å². The topological polar surface area (TPSA) is 518 Å². The lowest BCUT2D eigenvalue weighted by Crippen LogP contribution is -2.59. The van der Waals surface area contributed by atoms with Gasteiger partial charge in [-0.1, -0.05) is 81.6 Å². The zero-order valence-corrected chi connectivity index (χ0v) is 91.9. The largest absolute Gasteiger partial charge is 0.472 e. The molecule has 6 heterocycles. The third kappa shape index (κ3) is 49.5. The number of carbonyl (C=O) groups is 13. The Morgan fingerprint density at radius 2 is 0.782 bits per heavy atom. The van der Waals surface area contributed by atoms with E-state index < -0.39 is 158 Å². The van der Waals surface area contributed by atoms with Crippen LogP contribution in [0.3, 0.4) is 0 Å². The van der Waals surface area contributed by atoms with Crippen LogP contribution in [0.5, 0.6) is 0 Å². The molecular formula is C104H177N3O38P2. The standard InChI is InChI=1S/C104H177N3O38P2/c1-67-55-90(94(138-67)63-137-147(123,124)145-100-78(12)139-77(11)99(100)129-54-53-125-17)144-146(121,122)136-59-82-56-89(140-98(120)43-42-95(117)105-16)58-107(82)97(119)57-96(118)106-104(64-126-50-44-86(114)36-24-18-21-33-83(111)39-27-30-47-130-101-74(8)68(2)71(5)91(141-101)60-133-79(13)108,65-127-51-45-87(115)37-25-19-22-34-84(112)40-28-31-48-131-102-75(9)69(3)72(6)92(142-102)61-134-80(14)109)66-128-52-46-88(116)38-26-20-23-35-85(113)41-29-32-49-132-103-76(10)70(4)73(7)93(143-103)62-135-81(15)110/h67-78,82,89-94,99-103H,18-66H2,1-17H3,(H,105,117)(H,106,118)(H,121,122)(H,123,124)/t67-,68-,69-,70-,71+,72+,73+,74?,75?,76?,77-,78+,82-,89+,90-,91?,92?,93?,94+,99-,100+,101+,102+,103+,104?/m0/s1/i12D. The number of hydrogen-bond acceptors (Lipinski definition) is 36. The highest BCUT2D eigenvalue weighted by atomic mass is 31.2. The van der Waals surface area contributed by atoms with Crippen LogP contribution in [0.2, 0.25) is 0 Å².